The molecule has 2 heterocycles. The summed E-state index contributed by atoms with van der Waals surface area (Å²) in [5.74, 6) is 2.60. The van der Waals surface area contributed by atoms with Crippen LogP contribution in [0, 0.1) is 12.8 Å². The van der Waals surface area contributed by atoms with Crippen LogP contribution in [0.1, 0.15) is 29.0 Å². The highest BCUT2D eigenvalue weighted by molar-refractivity contribution is 5.97. The van der Waals surface area contributed by atoms with Crippen molar-refractivity contribution in [1.82, 2.24) is 14.5 Å². The normalized spacial score (nSPS) is 17.0. The standard InChI is InChI=1S/C20H28N4O3/c1-15-22-8-10-23(15)13-16-4-3-9-24(14-16)20(25)18-6-5-17(26-2)12-19(18)27-11-7-21/h5-6,8,10,12,16H,3-4,7,9,11,13-14,21H2,1-2H3. The van der Waals surface area contributed by atoms with Crippen LogP contribution >= 0.6 is 0 Å². The molecule has 0 aliphatic carbocycles. The van der Waals surface area contributed by atoms with Gasteiger partial charge < -0.3 is 24.7 Å². The number of hydrogen-bond acceptors (Lipinski definition) is 5. The number of carbonyl (C=O) groups excluding carboxylic acids is 1. The number of nitrogens with zero attached hydrogens (tertiary/aromatic N) is 3. The van der Waals surface area contributed by atoms with Crippen LogP contribution < -0.4 is 15.2 Å². The molecule has 1 atom stereocenters. The van der Waals surface area contributed by atoms with E-state index in [2.05, 4.69) is 9.55 Å². The van der Waals surface area contributed by atoms with E-state index in [0.717, 1.165) is 38.3 Å². The van der Waals surface area contributed by atoms with Gasteiger partial charge in [0.2, 0.25) is 0 Å². The minimum absolute atomic E-state index is 0.00303. The van der Waals surface area contributed by atoms with E-state index in [1.807, 2.05) is 24.2 Å². The smallest absolute Gasteiger partial charge is 0.257 e. The summed E-state index contributed by atoms with van der Waals surface area (Å²) in [6.45, 7) is 5.13. The fourth-order valence-electron chi connectivity index (χ4n) is 3.54. The third-order valence-corrected chi connectivity index (χ3v) is 4.98. The number of amides is 1. The minimum atomic E-state index is -0.00303. The molecule has 1 aliphatic rings. The lowest BCUT2D eigenvalue weighted by Crippen LogP contribution is -2.41. The average Bonchev–Trinajstić information content (AvgIpc) is 3.10. The third kappa shape index (κ3) is 4.60. The van der Waals surface area contributed by atoms with E-state index in [9.17, 15) is 4.79 Å². The Hall–Kier alpha value is -2.54. The van der Waals surface area contributed by atoms with E-state index in [0.29, 0.717) is 36.1 Å². The molecule has 1 amide bonds. The number of aromatic nitrogens is 2. The Kier molecular flexibility index (Phi) is 6.34. The zero-order valence-electron chi connectivity index (χ0n) is 16.1. The number of ether oxygens (including phenoxy) is 2. The summed E-state index contributed by atoms with van der Waals surface area (Å²) in [5.41, 5.74) is 6.11. The van der Waals surface area contributed by atoms with Crippen molar-refractivity contribution in [3.8, 4) is 11.5 Å². The summed E-state index contributed by atoms with van der Waals surface area (Å²) in [6, 6.07) is 5.31. The Morgan fingerprint density at radius 1 is 1.41 bits per heavy atom. The van der Waals surface area contributed by atoms with Crippen molar-refractivity contribution in [3.63, 3.8) is 0 Å². The lowest BCUT2D eigenvalue weighted by atomic mass is 9.97. The third-order valence-electron chi connectivity index (χ3n) is 4.98. The van der Waals surface area contributed by atoms with Gasteiger partial charge in [0.15, 0.2) is 0 Å². The van der Waals surface area contributed by atoms with Gasteiger partial charge in [0.25, 0.3) is 5.91 Å². The van der Waals surface area contributed by atoms with E-state index < -0.39 is 0 Å². The number of benzene rings is 1. The highest BCUT2D eigenvalue weighted by Gasteiger charge is 2.27. The van der Waals surface area contributed by atoms with Crippen molar-refractivity contribution in [2.75, 3.05) is 33.4 Å². The van der Waals surface area contributed by atoms with Crippen molar-refractivity contribution in [3.05, 3.63) is 42.0 Å². The molecular formula is C20H28N4O3. The minimum Gasteiger partial charge on any atom is -0.497 e. The molecule has 146 valence electrons. The average molecular weight is 372 g/mol. The number of imidazole rings is 1. The number of rotatable bonds is 7. The highest BCUT2D eigenvalue weighted by atomic mass is 16.5. The molecule has 7 nitrogen and oxygen atoms in total. The van der Waals surface area contributed by atoms with Gasteiger partial charge in [-0.1, -0.05) is 0 Å². The van der Waals surface area contributed by atoms with Crippen LogP contribution in [0.2, 0.25) is 0 Å². The Labute approximate surface area is 160 Å². The first-order valence-corrected chi connectivity index (χ1v) is 9.40. The molecule has 7 heteroatoms. The number of methoxy groups -OCH3 is 1. The predicted molar refractivity (Wildman–Crippen MR) is 103 cm³/mol. The SMILES string of the molecule is COc1ccc(C(=O)N2CCCC(Cn3ccnc3C)C2)c(OCCN)c1. The highest BCUT2D eigenvalue weighted by Crippen LogP contribution is 2.28. The van der Waals surface area contributed by atoms with Crippen LogP contribution in [0.25, 0.3) is 0 Å². The predicted octanol–water partition coefficient (Wildman–Crippen LogP) is 2.09. The topological polar surface area (TPSA) is 82.6 Å². The zero-order chi connectivity index (χ0) is 19.2. The monoisotopic (exact) mass is 372 g/mol. The van der Waals surface area contributed by atoms with Crippen molar-refractivity contribution in [1.29, 1.82) is 0 Å². The number of aryl methyl sites for hydroxylation is 1. The van der Waals surface area contributed by atoms with Gasteiger partial charge in [-0.15, -0.1) is 0 Å². The second-order valence-electron chi connectivity index (χ2n) is 6.89. The zero-order valence-corrected chi connectivity index (χ0v) is 16.1. The van der Waals surface area contributed by atoms with Gasteiger partial charge in [-0.25, -0.2) is 4.98 Å². The number of nitrogens with two attached hydrogens (primary N) is 1. The van der Waals surface area contributed by atoms with Crippen LogP contribution in [-0.2, 0) is 6.54 Å². The Balaban J connectivity index is 1.73. The largest absolute Gasteiger partial charge is 0.497 e. The van der Waals surface area contributed by atoms with Gasteiger partial charge in [0.05, 0.1) is 12.7 Å². The number of carbonyl (C=O) groups is 1. The summed E-state index contributed by atoms with van der Waals surface area (Å²) in [4.78, 5) is 19.4. The van der Waals surface area contributed by atoms with Crippen molar-refractivity contribution >= 4 is 5.91 Å². The molecule has 2 aromatic rings. The van der Waals surface area contributed by atoms with Crippen LogP contribution in [0.3, 0.4) is 0 Å². The molecule has 1 fully saturated rings. The number of hydrogen-bond donors (Lipinski definition) is 1. The molecule has 2 N–H and O–H groups in total. The van der Waals surface area contributed by atoms with E-state index in [4.69, 9.17) is 15.2 Å². The van der Waals surface area contributed by atoms with Crippen molar-refractivity contribution in [2.24, 2.45) is 11.7 Å². The van der Waals surface area contributed by atoms with Gasteiger partial charge in [-0.05, 0) is 37.8 Å². The second-order valence-corrected chi connectivity index (χ2v) is 6.89. The van der Waals surface area contributed by atoms with Gasteiger partial charge in [-0.3, -0.25) is 4.79 Å². The van der Waals surface area contributed by atoms with E-state index in [1.165, 1.54) is 0 Å². The van der Waals surface area contributed by atoms with E-state index in [1.54, 1.807) is 25.3 Å². The van der Waals surface area contributed by atoms with Crippen molar-refractivity contribution < 1.29 is 14.3 Å². The maximum atomic E-state index is 13.2. The molecule has 0 bridgehead atoms. The van der Waals surface area contributed by atoms with Gasteiger partial charge in [0, 0.05) is 44.6 Å². The molecule has 1 aliphatic heterocycles. The summed E-state index contributed by atoms with van der Waals surface area (Å²) in [7, 11) is 1.59. The van der Waals surface area contributed by atoms with Crippen molar-refractivity contribution in [2.45, 2.75) is 26.3 Å². The Morgan fingerprint density at radius 3 is 2.96 bits per heavy atom. The fraction of sp³-hybridized carbons (Fsp3) is 0.500. The van der Waals surface area contributed by atoms with Gasteiger partial charge in [0.1, 0.15) is 23.9 Å². The molecule has 1 saturated heterocycles. The molecule has 0 radical (unpaired) electrons. The van der Waals surface area contributed by atoms with E-state index >= 15 is 0 Å². The lowest BCUT2D eigenvalue weighted by Gasteiger charge is -2.33. The summed E-state index contributed by atoms with van der Waals surface area (Å²) in [5, 5.41) is 0. The summed E-state index contributed by atoms with van der Waals surface area (Å²) >= 11 is 0. The molecule has 0 saturated carbocycles. The first kappa shape index (κ1) is 19.2. The molecule has 3 rings (SSSR count). The maximum Gasteiger partial charge on any atom is 0.257 e. The van der Waals surface area contributed by atoms with Gasteiger partial charge >= 0.3 is 0 Å². The van der Waals surface area contributed by atoms with Crippen LogP contribution in [0.15, 0.2) is 30.6 Å². The molecular weight excluding hydrogens is 344 g/mol. The van der Waals surface area contributed by atoms with E-state index in [-0.39, 0.29) is 5.91 Å². The second kappa shape index (κ2) is 8.90. The summed E-state index contributed by atoms with van der Waals surface area (Å²) in [6.07, 6.45) is 5.93. The fourth-order valence-corrected chi connectivity index (χ4v) is 3.54. The number of likely N-dealkylation sites (tertiary alicyclic amines) is 1. The number of piperidine rings is 1. The Morgan fingerprint density at radius 2 is 2.26 bits per heavy atom. The first-order chi connectivity index (χ1) is 13.1. The lowest BCUT2D eigenvalue weighted by molar-refractivity contribution is 0.0657. The van der Waals surface area contributed by atoms with Crippen LogP contribution in [0.5, 0.6) is 11.5 Å². The molecule has 1 unspecified atom stereocenters. The van der Waals surface area contributed by atoms with Crippen LogP contribution in [0.4, 0.5) is 0 Å². The molecule has 1 aromatic carbocycles. The molecule has 0 spiro atoms. The molecule has 1 aromatic heterocycles. The summed E-state index contributed by atoms with van der Waals surface area (Å²) < 4.78 is 13.1. The van der Waals surface area contributed by atoms with Gasteiger partial charge in [-0.2, -0.15) is 0 Å². The maximum absolute atomic E-state index is 13.2. The molecule has 27 heavy (non-hydrogen) atoms. The van der Waals surface area contributed by atoms with Crippen LogP contribution in [-0.4, -0.2) is 53.7 Å². The Bertz CT molecular complexity index is 774. The quantitative estimate of drug-likeness (QED) is 0.805. The first-order valence-electron chi connectivity index (χ1n) is 9.40.